The summed E-state index contributed by atoms with van der Waals surface area (Å²) in [5.41, 5.74) is 2.61. The van der Waals surface area contributed by atoms with Gasteiger partial charge in [0.15, 0.2) is 6.10 Å². The van der Waals surface area contributed by atoms with Crippen molar-refractivity contribution in [3.05, 3.63) is 29.3 Å². The quantitative estimate of drug-likeness (QED) is 0.731. The van der Waals surface area contributed by atoms with Crippen molar-refractivity contribution in [3.8, 4) is 12.1 Å². The summed E-state index contributed by atoms with van der Waals surface area (Å²) in [5, 5.41) is 18.0. The van der Waals surface area contributed by atoms with Gasteiger partial charge in [0.2, 0.25) is 0 Å². The second kappa shape index (κ2) is 4.86. The topological polar surface area (TPSA) is 60.0 Å². The van der Waals surface area contributed by atoms with Gasteiger partial charge in [-0.15, -0.1) is 0 Å². The molecular formula is C13H13N3O. The first-order valence-corrected chi connectivity index (χ1v) is 5.51. The highest BCUT2D eigenvalue weighted by atomic mass is 16.5. The van der Waals surface area contributed by atoms with E-state index in [0.29, 0.717) is 18.7 Å². The fourth-order valence-corrected chi connectivity index (χ4v) is 1.96. The lowest BCUT2D eigenvalue weighted by Gasteiger charge is -2.32. The number of anilines is 1. The summed E-state index contributed by atoms with van der Waals surface area (Å²) in [4.78, 5) is 2.04. The first-order chi connectivity index (χ1) is 8.24. The largest absolute Gasteiger partial charge is 0.364 e. The minimum Gasteiger partial charge on any atom is -0.364 e. The van der Waals surface area contributed by atoms with Crippen molar-refractivity contribution in [1.29, 1.82) is 10.5 Å². The highest BCUT2D eigenvalue weighted by Gasteiger charge is 2.21. The zero-order valence-electron chi connectivity index (χ0n) is 9.68. The predicted molar refractivity (Wildman–Crippen MR) is 63.5 cm³/mol. The molecule has 0 aromatic heterocycles. The summed E-state index contributed by atoms with van der Waals surface area (Å²) < 4.78 is 5.29. The van der Waals surface area contributed by atoms with E-state index in [1.807, 2.05) is 30.0 Å². The summed E-state index contributed by atoms with van der Waals surface area (Å²) in [6.45, 7) is 3.73. The van der Waals surface area contributed by atoms with Crippen molar-refractivity contribution in [2.75, 3.05) is 24.6 Å². The molecule has 1 aromatic rings. The van der Waals surface area contributed by atoms with Gasteiger partial charge in [0.05, 0.1) is 30.5 Å². The molecule has 1 unspecified atom stereocenters. The van der Waals surface area contributed by atoms with Gasteiger partial charge in [-0.05, 0) is 24.6 Å². The number of nitriles is 2. The molecule has 4 heteroatoms. The molecule has 0 radical (unpaired) electrons. The van der Waals surface area contributed by atoms with Crippen LogP contribution in [0.25, 0.3) is 0 Å². The maximum absolute atomic E-state index is 9.12. The van der Waals surface area contributed by atoms with E-state index in [0.717, 1.165) is 17.8 Å². The number of morpholine rings is 1. The molecule has 1 atom stereocenters. The average Bonchev–Trinajstić information content (AvgIpc) is 2.38. The number of rotatable bonds is 1. The third-order valence-electron chi connectivity index (χ3n) is 2.82. The highest BCUT2D eigenvalue weighted by Crippen LogP contribution is 2.23. The molecular weight excluding hydrogens is 214 g/mol. The van der Waals surface area contributed by atoms with Crippen LogP contribution in [-0.4, -0.2) is 25.8 Å². The van der Waals surface area contributed by atoms with Crippen molar-refractivity contribution >= 4 is 5.69 Å². The van der Waals surface area contributed by atoms with E-state index in [-0.39, 0.29) is 0 Å². The van der Waals surface area contributed by atoms with E-state index in [4.69, 9.17) is 15.3 Å². The average molecular weight is 227 g/mol. The van der Waals surface area contributed by atoms with Gasteiger partial charge in [-0.1, -0.05) is 6.07 Å². The Balaban J connectivity index is 2.28. The van der Waals surface area contributed by atoms with E-state index in [2.05, 4.69) is 12.1 Å². The summed E-state index contributed by atoms with van der Waals surface area (Å²) in [5.74, 6) is 0. The summed E-state index contributed by atoms with van der Waals surface area (Å²) in [7, 11) is 0. The summed E-state index contributed by atoms with van der Waals surface area (Å²) in [6.07, 6.45) is -0.406. The van der Waals surface area contributed by atoms with Crippen LogP contribution >= 0.6 is 0 Å². The molecule has 0 amide bonds. The van der Waals surface area contributed by atoms with Crippen LogP contribution in [0.1, 0.15) is 11.1 Å². The molecule has 0 bridgehead atoms. The smallest absolute Gasteiger partial charge is 0.161 e. The fourth-order valence-electron chi connectivity index (χ4n) is 1.96. The lowest BCUT2D eigenvalue weighted by molar-refractivity contribution is 0.0764. The van der Waals surface area contributed by atoms with Crippen LogP contribution in [0.2, 0.25) is 0 Å². The van der Waals surface area contributed by atoms with Gasteiger partial charge in [0.1, 0.15) is 6.07 Å². The molecule has 86 valence electrons. The standard InChI is InChI=1S/C13H13N3O/c1-10-2-3-13(11(6-10)7-14)16-4-5-17-12(8-15)9-16/h2-3,6,12H,4-5,9H2,1H3. The van der Waals surface area contributed by atoms with Gasteiger partial charge in [0, 0.05) is 6.54 Å². The maximum atomic E-state index is 9.12. The van der Waals surface area contributed by atoms with Crippen LogP contribution in [0.3, 0.4) is 0 Å². The van der Waals surface area contributed by atoms with Gasteiger partial charge in [0.25, 0.3) is 0 Å². The van der Waals surface area contributed by atoms with Crippen LogP contribution in [0.15, 0.2) is 18.2 Å². The van der Waals surface area contributed by atoms with Gasteiger partial charge >= 0.3 is 0 Å². The number of aryl methyl sites for hydroxylation is 1. The molecule has 17 heavy (non-hydrogen) atoms. The van der Waals surface area contributed by atoms with E-state index in [1.165, 1.54) is 0 Å². The first kappa shape index (κ1) is 11.4. The number of ether oxygens (including phenoxy) is 1. The van der Waals surface area contributed by atoms with E-state index >= 15 is 0 Å². The number of hydrogen-bond acceptors (Lipinski definition) is 4. The van der Waals surface area contributed by atoms with Gasteiger partial charge in [-0.3, -0.25) is 0 Å². The Labute approximate surface area is 101 Å². The third kappa shape index (κ3) is 2.38. The molecule has 1 aromatic carbocycles. The second-order valence-electron chi connectivity index (χ2n) is 4.07. The molecule has 1 saturated heterocycles. The minimum absolute atomic E-state index is 0.406. The molecule has 0 N–H and O–H groups in total. The molecule has 0 saturated carbocycles. The Morgan fingerprint density at radius 1 is 1.41 bits per heavy atom. The lowest BCUT2D eigenvalue weighted by atomic mass is 10.1. The van der Waals surface area contributed by atoms with Crippen molar-refractivity contribution in [2.24, 2.45) is 0 Å². The Morgan fingerprint density at radius 3 is 2.94 bits per heavy atom. The van der Waals surface area contributed by atoms with E-state index in [1.54, 1.807) is 0 Å². The predicted octanol–water partition coefficient (Wildman–Crippen LogP) is 1.60. The number of hydrogen-bond donors (Lipinski definition) is 0. The van der Waals surface area contributed by atoms with Crippen LogP contribution in [-0.2, 0) is 4.74 Å². The van der Waals surface area contributed by atoms with Crippen LogP contribution in [0.4, 0.5) is 5.69 Å². The number of nitrogens with zero attached hydrogens (tertiary/aromatic N) is 3. The zero-order chi connectivity index (χ0) is 12.3. The van der Waals surface area contributed by atoms with Crippen molar-refractivity contribution in [1.82, 2.24) is 0 Å². The molecule has 4 nitrogen and oxygen atoms in total. The first-order valence-electron chi connectivity index (χ1n) is 5.51. The summed E-state index contributed by atoms with van der Waals surface area (Å²) >= 11 is 0. The third-order valence-corrected chi connectivity index (χ3v) is 2.82. The highest BCUT2D eigenvalue weighted by molar-refractivity contribution is 5.60. The molecule has 1 aliphatic heterocycles. The SMILES string of the molecule is Cc1ccc(N2CCOC(C#N)C2)c(C#N)c1. The van der Waals surface area contributed by atoms with E-state index in [9.17, 15) is 0 Å². The van der Waals surface area contributed by atoms with Crippen LogP contribution in [0, 0.1) is 29.6 Å². The molecule has 2 rings (SSSR count). The van der Waals surface area contributed by atoms with Gasteiger partial charge in [-0.2, -0.15) is 10.5 Å². The Morgan fingerprint density at radius 2 is 2.24 bits per heavy atom. The molecule has 1 aliphatic rings. The minimum atomic E-state index is -0.406. The van der Waals surface area contributed by atoms with E-state index < -0.39 is 6.10 Å². The number of benzene rings is 1. The molecule has 1 fully saturated rings. The normalized spacial score (nSPS) is 19.5. The van der Waals surface area contributed by atoms with Crippen LogP contribution in [0.5, 0.6) is 0 Å². The monoisotopic (exact) mass is 227 g/mol. The van der Waals surface area contributed by atoms with Gasteiger partial charge in [-0.25, -0.2) is 0 Å². The molecule has 0 spiro atoms. The molecule has 1 heterocycles. The van der Waals surface area contributed by atoms with Crippen LogP contribution < -0.4 is 4.90 Å². The van der Waals surface area contributed by atoms with Crippen molar-refractivity contribution in [2.45, 2.75) is 13.0 Å². The Hall–Kier alpha value is -2.04. The van der Waals surface area contributed by atoms with Crippen molar-refractivity contribution in [3.63, 3.8) is 0 Å². The molecule has 0 aliphatic carbocycles. The zero-order valence-corrected chi connectivity index (χ0v) is 9.68. The van der Waals surface area contributed by atoms with Gasteiger partial charge < -0.3 is 9.64 Å². The fraction of sp³-hybridized carbons (Fsp3) is 0.385. The lowest BCUT2D eigenvalue weighted by Crippen LogP contribution is -2.42. The maximum Gasteiger partial charge on any atom is 0.161 e. The van der Waals surface area contributed by atoms with Crippen molar-refractivity contribution < 1.29 is 4.74 Å². The Kier molecular flexibility index (Phi) is 3.27. The summed E-state index contributed by atoms with van der Waals surface area (Å²) in [6, 6.07) is 10.1. The second-order valence-corrected chi connectivity index (χ2v) is 4.07. The Bertz CT molecular complexity index is 498.